The molecule has 0 saturated carbocycles. The Bertz CT molecular complexity index is 431. The van der Waals surface area contributed by atoms with Gasteiger partial charge in [-0.3, -0.25) is 25.2 Å². The van der Waals surface area contributed by atoms with Crippen LogP contribution in [0.25, 0.3) is 0 Å². The van der Waals surface area contributed by atoms with Crippen LogP contribution in [-0.4, -0.2) is 22.9 Å². The van der Waals surface area contributed by atoms with E-state index in [1.54, 1.807) is 30.3 Å². The van der Waals surface area contributed by atoms with Gasteiger partial charge < -0.3 is 5.11 Å². The minimum Gasteiger partial charge on any atom is -0.481 e. The summed E-state index contributed by atoms with van der Waals surface area (Å²) in [5.74, 6) is -1.78. The summed E-state index contributed by atoms with van der Waals surface area (Å²) in [4.78, 5) is 33.0. The fourth-order valence-corrected chi connectivity index (χ4v) is 1.25. The predicted molar refractivity (Wildman–Crippen MR) is 63.5 cm³/mol. The van der Waals surface area contributed by atoms with Crippen molar-refractivity contribution >= 4 is 17.8 Å². The molecular formula is C12H14N2O4. The summed E-state index contributed by atoms with van der Waals surface area (Å²) in [6.07, 6.45) is 0.226. The van der Waals surface area contributed by atoms with E-state index in [-0.39, 0.29) is 19.3 Å². The molecule has 0 heterocycles. The van der Waals surface area contributed by atoms with Gasteiger partial charge in [-0.1, -0.05) is 18.2 Å². The lowest BCUT2D eigenvalue weighted by Gasteiger charge is -2.06. The summed E-state index contributed by atoms with van der Waals surface area (Å²) in [6.45, 7) is 0. The smallest absolute Gasteiger partial charge is 0.303 e. The minimum atomic E-state index is -0.948. The fraction of sp³-hybridized carbons (Fsp3) is 0.250. The van der Waals surface area contributed by atoms with Crippen molar-refractivity contribution < 1.29 is 19.5 Å². The highest BCUT2D eigenvalue weighted by molar-refractivity contribution is 5.95. The second kappa shape index (κ2) is 7.05. The summed E-state index contributed by atoms with van der Waals surface area (Å²) in [7, 11) is 0. The third-order valence-corrected chi connectivity index (χ3v) is 2.15. The molecule has 6 nitrogen and oxygen atoms in total. The van der Waals surface area contributed by atoms with Gasteiger partial charge in [0, 0.05) is 18.4 Å². The molecule has 2 amide bonds. The van der Waals surface area contributed by atoms with Gasteiger partial charge in [-0.15, -0.1) is 0 Å². The number of nitrogens with one attached hydrogen (secondary N) is 2. The first kappa shape index (κ1) is 13.7. The number of rotatable bonds is 5. The van der Waals surface area contributed by atoms with Crippen LogP contribution < -0.4 is 10.9 Å². The summed E-state index contributed by atoms with van der Waals surface area (Å²) in [6, 6.07) is 8.44. The van der Waals surface area contributed by atoms with E-state index in [1.165, 1.54) is 0 Å². The second-order valence-corrected chi connectivity index (χ2v) is 3.62. The van der Waals surface area contributed by atoms with Gasteiger partial charge in [-0.2, -0.15) is 0 Å². The number of aliphatic carboxylic acids is 1. The molecule has 96 valence electrons. The lowest BCUT2D eigenvalue weighted by atomic mass is 10.2. The molecule has 3 N–H and O–H groups in total. The Kier molecular flexibility index (Phi) is 5.37. The average molecular weight is 250 g/mol. The molecule has 0 spiro atoms. The van der Waals surface area contributed by atoms with Gasteiger partial charge in [0.1, 0.15) is 0 Å². The van der Waals surface area contributed by atoms with Gasteiger partial charge in [0.2, 0.25) is 5.91 Å². The summed E-state index contributed by atoms with van der Waals surface area (Å²) in [5, 5.41) is 8.39. The van der Waals surface area contributed by atoms with E-state index in [2.05, 4.69) is 10.9 Å². The van der Waals surface area contributed by atoms with Crippen LogP contribution in [0.3, 0.4) is 0 Å². The summed E-state index contributed by atoms with van der Waals surface area (Å²) >= 11 is 0. The Balaban J connectivity index is 2.26. The van der Waals surface area contributed by atoms with Gasteiger partial charge in [0.25, 0.3) is 5.91 Å². The first-order chi connectivity index (χ1) is 8.59. The molecule has 18 heavy (non-hydrogen) atoms. The van der Waals surface area contributed by atoms with Crippen LogP contribution in [0.1, 0.15) is 29.6 Å². The van der Waals surface area contributed by atoms with Crippen molar-refractivity contribution in [3.05, 3.63) is 35.9 Å². The van der Waals surface area contributed by atoms with Gasteiger partial charge in [0.15, 0.2) is 0 Å². The fourth-order valence-electron chi connectivity index (χ4n) is 1.25. The molecule has 0 aliphatic rings. The van der Waals surface area contributed by atoms with Gasteiger partial charge in [-0.05, 0) is 18.6 Å². The monoisotopic (exact) mass is 250 g/mol. The molecule has 0 aliphatic carbocycles. The molecule has 0 saturated heterocycles. The molecule has 0 bridgehead atoms. The van der Waals surface area contributed by atoms with E-state index in [4.69, 9.17) is 5.11 Å². The van der Waals surface area contributed by atoms with E-state index < -0.39 is 17.8 Å². The molecular weight excluding hydrogens is 236 g/mol. The maximum absolute atomic E-state index is 11.5. The number of carboxylic acids is 1. The molecule has 0 aromatic heterocycles. The summed E-state index contributed by atoms with van der Waals surface area (Å²) in [5.41, 5.74) is 4.91. The molecule has 0 aliphatic heterocycles. The molecule has 0 radical (unpaired) electrons. The van der Waals surface area contributed by atoms with Crippen LogP contribution in [0.5, 0.6) is 0 Å². The molecule has 0 atom stereocenters. The lowest BCUT2D eigenvalue weighted by molar-refractivity contribution is -0.137. The third-order valence-electron chi connectivity index (χ3n) is 2.15. The Labute approximate surface area is 104 Å². The van der Waals surface area contributed by atoms with Gasteiger partial charge >= 0.3 is 5.97 Å². The maximum Gasteiger partial charge on any atom is 0.303 e. The van der Waals surface area contributed by atoms with Crippen LogP contribution in [0.4, 0.5) is 0 Å². The Morgan fingerprint density at radius 2 is 1.67 bits per heavy atom. The van der Waals surface area contributed by atoms with Crippen molar-refractivity contribution in [3.8, 4) is 0 Å². The molecule has 6 heteroatoms. The number of hydrogen-bond donors (Lipinski definition) is 3. The lowest BCUT2D eigenvalue weighted by Crippen LogP contribution is -2.41. The Morgan fingerprint density at radius 1 is 1.00 bits per heavy atom. The predicted octanol–water partition coefficient (Wildman–Crippen LogP) is 0.703. The van der Waals surface area contributed by atoms with Gasteiger partial charge in [0.05, 0.1) is 0 Å². The maximum atomic E-state index is 11.5. The average Bonchev–Trinajstić information content (AvgIpc) is 2.36. The highest BCUT2D eigenvalue weighted by Gasteiger charge is 2.07. The first-order valence-electron chi connectivity index (χ1n) is 5.45. The second-order valence-electron chi connectivity index (χ2n) is 3.62. The van der Waals surface area contributed by atoms with Crippen LogP contribution >= 0.6 is 0 Å². The van der Waals surface area contributed by atoms with E-state index in [0.717, 1.165) is 0 Å². The van der Waals surface area contributed by atoms with Crippen molar-refractivity contribution in [2.45, 2.75) is 19.3 Å². The first-order valence-corrected chi connectivity index (χ1v) is 5.45. The van der Waals surface area contributed by atoms with E-state index in [9.17, 15) is 14.4 Å². The van der Waals surface area contributed by atoms with Gasteiger partial charge in [-0.25, -0.2) is 0 Å². The van der Waals surface area contributed by atoms with Crippen molar-refractivity contribution in [2.75, 3.05) is 0 Å². The number of carbonyl (C=O) groups excluding carboxylic acids is 2. The molecule has 1 rings (SSSR count). The Morgan fingerprint density at radius 3 is 2.28 bits per heavy atom. The zero-order valence-electron chi connectivity index (χ0n) is 9.68. The quantitative estimate of drug-likeness (QED) is 0.670. The van der Waals surface area contributed by atoms with E-state index >= 15 is 0 Å². The zero-order valence-corrected chi connectivity index (χ0v) is 9.68. The number of amides is 2. The number of hydrazine groups is 1. The van der Waals surface area contributed by atoms with Crippen molar-refractivity contribution in [1.82, 2.24) is 10.9 Å². The van der Waals surface area contributed by atoms with Crippen LogP contribution in [-0.2, 0) is 9.59 Å². The SMILES string of the molecule is O=C(O)CCCC(=O)NNC(=O)c1ccccc1. The van der Waals surface area contributed by atoms with Crippen LogP contribution in [0.15, 0.2) is 30.3 Å². The van der Waals surface area contributed by atoms with Crippen molar-refractivity contribution in [2.24, 2.45) is 0 Å². The standard InChI is InChI=1S/C12H14N2O4/c15-10(7-4-8-11(16)17)13-14-12(18)9-5-2-1-3-6-9/h1-3,5-6H,4,7-8H2,(H,13,15)(H,14,18)(H,16,17). The molecule has 0 unspecified atom stereocenters. The number of hydrogen-bond acceptors (Lipinski definition) is 3. The van der Waals surface area contributed by atoms with Crippen LogP contribution in [0.2, 0.25) is 0 Å². The largest absolute Gasteiger partial charge is 0.481 e. The Hall–Kier alpha value is -2.37. The third kappa shape index (κ3) is 5.11. The topological polar surface area (TPSA) is 95.5 Å². The minimum absolute atomic E-state index is 0.0569. The van der Waals surface area contributed by atoms with Crippen molar-refractivity contribution in [3.63, 3.8) is 0 Å². The number of carbonyl (C=O) groups is 3. The highest BCUT2D eigenvalue weighted by Crippen LogP contribution is 1.97. The van der Waals surface area contributed by atoms with E-state index in [0.29, 0.717) is 5.56 Å². The van der Waals surface area contributed by atoms with Crippen molar-refractivity contribution in [1.29, 1.82) is 0 Å². The molecule has 1 aromatic carbocycles. The zero-order chi connectivity index (χ0) is 13.4. The molecule has 1 aromatic rings. The van der Waals surface area contributed by atoms with E-state index in [1.807, 2.05) is 0 Å². The van der Waals surface area contributed by atoms with Crippen LogP contribution in [0, 0.1) is 0 Å². The number of benzene rings is 1. The molecule has 0 fully saturated rings. The normalized spacial score (nSPS) is 9.56. The highest BCUT2D eigenvalue weighted by atomic mass is 16.4. The summed E-state index contributed by atoms with van der Waals surface area (Å²) < 4.78 is 0. The number of carboxylic acid groups (broad SMARTS) is 1.